The average Bonchev–Trinajstić information content (AvgIpc) is 2.98. The predicted octanol–water partition coefficient (Wildman–Crippen LogP) is 3.56. The number of nitrogens with one attached hydrogen (secondary N) is 1. The van der Waals surface area contributed by atoms with E-state index in [4.69, 9.17) is 0 Å². The van der Waals surface area contributed by atoms with E-state index in [1.807, 2.05) is 19.9 Å². The zero-order valence-corrected chi connectivity index (χ0v) is 14.3. The first kappa shape index (κ1) is 19.1. The fraction of sp³-hybridized carbons (Fsp3) is 0.421. The SMILES string of the molecule is CC(C)=CCC[C@](C)(O)[C@@H](O)/C=C/C(C)=C\C(=O)c1ccc[nH]1. The molecular weight excluding hydrogens is 290 g/mol. The second-order valence-electron chi connectivity index (χ2n) is 6.32. The second kappa shape index (κ2) is 8.65. The molecule has 2 atom stereocenters. The normalized spacial score (nSPS) is 16.2. The van der Waals surface area contributed by atoms with Gasteiger partial charge in [-0.1, -0.05) is 23.8 Å². The van der Waals surface area contributed by atoms with Gasteiger partial charge in [0.2, 0.25) is 5.78 Å². The third-order valence-electron chi connectivity index (χ3n) is 3.60. The summed E-state index contributed by atoms with van der Waals surface area (Å²) in [6.07, 6.45) is 8.58. The molecule has 1 heterocycles. The van der Waals surface area contributed by atoms with Gasteiger partial charge in [0, 0.05) is 6.20 Å². The lowest BCUT2D eigenvalue weighted by Gasteiger charge is -2.26. The average molecular weight is 317 g/mol. The van der Waals surface area contributed by atoms with Gasteiger partial charge in [-0.2, -0.15) is 0 Å². The van der Waals surface area contributed by atoms with Crippen LogP contribution in [0.15, 0.2) is 53.8 Å². The number of aromatic amines is 1. The van der Waals surface area contributed by atoms with Crippen LogP contribution in [0.2, 0.25) is 0 Å². The molecule has 0 saturated heterocycles. The molecule has 126 valence electrons. The molecule has 0 unspecified atom stereocenters. The number of rotatable bonds is 8. The van der Waals surface area contributed by atoms with Crippen molar-refractivity contribution in [2.24, 2.45) is 0 Å². The lowest BCUT2D eigenvalue weighted by molar-refractivity contribution is -0.0427. The van der Waals surface area contributed by atoms with Crippen LogP contribution in [-0.4, -0.2) is 32.7 Å². The summed E-state index contributed by atoms with van der Waals surface area (Å²) in [6, 6.07) is 3.47. The van der Waals surface area contributed by atoms with E-state index >= 15 is 0 Å². The minimum Gasteiger partial charge on any atom is -0.387 e. The maximum atomic E-state index is 11.9. The highest BCUT2D eigenvalue weighted by atomic mass is 16.3. The van der Waals surface area contributed by atoms with Crippen molar-refractivity contribution < 1.29 is 15.0 Å². The Balaban J connectivity index is 2.63. The maximum absolute atomic E-state index is 11.9. The number of ketones is 1. The quantitative estimate of drug-likeness (QED) is 0.297. The number of aliphatic hydroxyl groups is 2. The van der Waals surface area contributed by atoms with Crippen molar-refractivity contribution in [1.82, 2.24) is 4.98 Å². The number of H-pyrrole nitrogens is 1. The van der Waals surface area contributed by atoms with E-state index in [1.54, 1.807) is 38.3 Å². The fourth-order valence-corrected chi connectivity index (χ4v) is 2.07. The molecule has 1 aromatic rings. The molecule has 0 aliphatic heterocycles. The zero-order valence-electron chi connectivity index (χ0n) is 14.3. The van der Waals surface area contributed by atoms with Gasteiger partial charge in [0.1, 0.15) is 6.10 Å². The molecule has 23 heavy (non-hydrogen) atoms. The van der Waals surface area contributed by atoms with Crippen LogP contribution in [-0.2, 0) is 0 Å². The van der Waals surface area contributed by atoms with Crippen LogP contribution in [0.1, 0.15) is 51.0 Å². The summed E-state index contributed by atoms with van der Waals surface area (Å²) in [5, 5.41) is 20.5. The first-order chi connectivity index (χ1) is 10.7. The standard InChI is InChI=1S/C19H27NO3/c1-14(2)7-5-11-19(4,23)18(22)10-9-15(3)13-17(21)16-8-6-12-20-16/h6-10,12-13,18,20,22-23H,5,11H2,1-4H3/b10-9+,15-13-/t18-,19-/m0/s1. The lowest BCUT2D eigenvalue weighted by Crippen LogP contribution is -2.37. The predicted molar refractivity (Wildman–Crippen MR) is 93.3 cm³/mol. The van der Waals surface area contributed by atoms with Crippen LogP contribution in [0.4, 0.5) is 0 Å². The van der Waals surface area contributed by atoms with Crippen LogP contribution < -0.4 is 0 Å². The summed E-state index contributed by atoms with van der Waals surface area (Å²) in [6.45, 7) is 7.40. The minimum absolute atomic E-state index is 0.123. The maximum Gasteiger partial charge on any atom is 0.202 e. The molecule has 0 radical (unpaired) electrons. The molecule has 3 N–H and O–H groups in total. The van der Waals surface area contributed by atoms with Gasteiger partial charge in [0.25, 0.3) is 0 Å². The number of carbonyl (C=O) groups is 1. The van der Waals surface area contributed by atoms with Crippen LogP contribution in [0.5, 0.6) is 0 Å². The molecule has 0 aliphatic carbocycles. The van der Waals surface area contributed by atoms with Crippen LogP contribution >= 0.6 is 0 Å². The Bertz CT molecular complexity index is 588. The molecule has 0 aromatic carbocycles. The molecule has 0 bridgehead atoms. The summed E-state index contributed by atoms with van der Waals surface area (Å²) in [4.78, 5) is 14.8. The van der Waals surface area contributed by atoms with Gasteiger partial charge in [-0.3, -0.25) is 4.79 Å². The molecule has 0 amide bonds. The number of carbonyl (C=O) groups excluding carboxylic acids is 1. The van der Waals surface area contributed by atoms with Gasteiger partial charge in [0.05, 0.1) is 11.3 Å². The molecule has 1 rings (SSSR count). The molecule has 0 aliphatic rings. The zero-order chi connectivity index (χ0) is 17.5. The lowest BCUT2D eigenvalue weighted by atomic mass is 9.92. The Labute approximate surface area is 138 Å². The van der Waals surface area contributed by atoms with Gasteiger partial charge in [-0.05, 0) is 64.3 Å². The minimum atomic E-state index is -1.20. The monoisotopic (exact) mass is 317 g/mol. The Hall–Kier alpha value is -1.91. The van der Waals surface area contributed by atoms with E-state index in [9.17, 15) is 15.0 Å². The summed E-state index contributed by atoms with van der Waals surface area (Å²) >= 11 is 0. The summed E-state index contributed by atoms with van der Waals surface area (Å²) in [5.41, 5.74) is 1.22. The Morgan fingerprint density at radius 3 is 2.65 bits per heavy atom. The van der Waals surface area contributed by atoms with E-state index < -0.39 is 11.7 Å². The van der Waals surface area contributed by atoms with Gasteiger partial charge in [-0.15, -0.1) is 0 Å². The summed E-state index contributed by atoms with van der Waals surface area (Å²) in [5.74, 6) is -0.123. The molecule has 4 nitrogen and oxygen atoms in total. The van der Waals surface area contributed by atoms with Gasteiger partial charge >= 0.3 is 0 Å². The van der Waals surface area contributed by atoms with Gasteiger partial charge in [-0.25, -0.2) is 0 Å². The fourth-order valence-electron chi connectivity index (χ4n) is 2.07. The smallest absolute Gasteiger partial charge is 0.202 e. The van der Waals surface area contributed by atoms with Crippen molar-refractivity contribution in [3.8, 4) is 0 Å². The highest BCUT2D eigenvalue weighted by Gasteiger charge is 2.27. The second-order valence-corrected chi connectivity index (χ2v) is 6.32. The van der Waals surface area contributed by atoms with E-state index in [1.165, 1.54) is 17.7 Å². The summed E-state index contributed by atoms with van der Waals surface area (Å²) < 4.78 is 0. The van der Waals surface area contributed by atoms with Crippen molar-refractivity contribution in [1.29, 1.82) is 0 Å². The first-order valence-electron chi connectivity index (χ1n) is 7.80. The van der Waals surface area contributed by atoms with E-state index in [0.29, 0.717) is 24.1 Å². The van der Waals surface area contributed by atoms with E-state index in [2.05, 4.69) is 4.98 Å². The third kappa shape index (κ3) is 6.80. The first-order valence-corrected chi connectivity index (χ1v) is 7.80. The molecule has 0 saturated carbocycles. The number of allylic oxidation sites excluding steroid dienone is 5. The Morgan fingerprint density at radius 2 is 2.09 bits per heavy atom. The molecular formula is C19H27NO3. The van der Waals surface area contributed by atoms with Crippen LogP contribution in [0.3, 0.4) is 0 Å². The topological polar surface area (TPSA) is 73.3 Å². The van der Waals surface area contributed by atoms with Crippen molar-refractivity contribution in [3.05, 3.63) is 59.5 Å². The highest BCUT2D eigenvalue weighted by molar-refractivity contribution is 6.03. The van der Waals surface area contributed by atoms with Crippen molar-refractivity contribution in [3.63, 3.8) is 0 Å². The van der Waals surface area contributed by atoms with Crippen molar-refractivity contribution in [2.45, 2.75) is 52.2 Å². The van der Waals surface area contributed by atoms with E-state index in [0.717, 1.165) is 0 Å². The van der Waals surface area contributed by atoms with E-state index in [-0.39, 0.29) is 5.78 Å². The number of aliphatic hydroxyl groups excluding tert-OH is 1. The molecule has 0 spiro atoms. The number of hydrogen-bond acceptors (Lipinski definition) is 3. The highest BCUT2D eigenvalue weighted by Crippen LogP contribution is 2.19. The van der Waals surface area contributed by atoms with Crippen LogP contribution in [0.25, 0.3) is 0 Å². The molecule has 1 aromatic heterocycles. The largest absolute Gasteiger partial charge is 0.387 e. The van der Waals surface area contributed by atoms with Crippen LogP contribution in [0, 0.1) is 0 Å². The number of hydrogen-bond donors (Lipinski definition) is 3. The Morgan fingerprint density at radius 1 is 1.39 bits per heavy atom. The number of aromatic nitrogens is 1. The van der Waals surface area contributed by atoms with Crippen molar-refractivity contribution in [2.75, 3.05) is 0 Å². The molecule has 0 fully saturated rings. The van der Waals surface area contributed by atoms with Gasteiger partial charge in [0.15, 0.2) is 0 Å². The summed E-state index contributed by atoms with van der Waals surface area (Å²) in [7, 11) is 0. The van der Waals surface area contributed by atoms with Gasteiger partial charge < -0.3 is 15.2 Å². The molecule has 4 heteroatoms. The third-order valence-corrected chi connectivity index (χ3v) is 3.60. The van der Waals surface area contributed by atoms with Crippen molar-refractivity contribution >= 4 is 5.78 Å². The Kier molecular flexibility index (Phi) is 7.20.